The molecule has 18 heavy (non-hydrogen) atoms. The van der Waals surface area contributed by atoms with Crippen molar-refractivity contribution in [2.24, 2.45) is 11.8 Å². The molecule has 2 heteroatoms. The molecule has 2 aliphatic rings. The Labute approximate surface area is 113 Å². The predicted octanol–water partition coefficient (Wildman–Crippen LogP) is 3.75. The maximum atomic E-state index is 6.35. The van der Waals surface area contributed by atoms with Gasteiger partial charge in [-0.05, 0) is 51.0 Å². The zero-order valence-corrected chi connectivity index (χ0v) is 12.3. The molecule has 0 heterocycles. The molecule has 0 bridgehead atoms. The first-order valence-electron chi connectivity index (χ1n) is 8.06. The monoisotopic (exact) mass is 253 g/mol. The van der Waals surface area contributed by atoms with Crippen molar-refractivity contribution in [2.75, 3.05) is 20.2 Å². The Morgan fingerprint density at radius 1 is 1.11 bits per heavy atom. The SMILES string of the molecule is CCC1CCC(CNC)(OCCC2CCC2)CC1. The van der Waals surface area contributed by atoms with Crippen LogP contribution in [0.3, 0.4) is 0 Å². The Morgan fingerprint density at radius 2 is 1.83 bits per heavy atom. The van der Waals surface area contributed by atoms with Gasteiger partial charge in [-0.1, -0.05) is 32.6 Å². The summed E-state index contributed by atoms with van der Waals surface area (Å²) in [5.74, 6) is 1.92. The molecule has 2 rings (SSSR count). The van der Waals surface area contributed by atoms with E-state index in [4.69, 9.17) is 4.74 Å². The molecular formula is C16H31NO. The highest BCUT2D eigenvalue weighted by atomic mass is 16.5. The molecule has 0 unspecified atom stereocenters. The lowest BCUT2D eigenvalue weighted by Crippen LogP contribution is -2.45. The fourth-order valence-corrected chi connectivity index (χ4v) is 3.53. The van der Waals surface area contributed by atoms with Gasteiger partial charge in [-0.15, -0.1) is 0 Å². The van der Waals surface area contributed by atoms with Crippen LogP contribution in [-0.4, -0.2) is 25.8 Å². The molecule has 2 nitrogen and oxygen atoms in total. The van der Waals surface area contributed by atoms with E-state index < -0.39 is 0 Å². The van der Waals surface area contributed by atoms with Gasteiger partial charge in [0.25, 0.3) is 0 Å². The Hall–Kier alpha value is -0.0800. The Morgan fingerprint density at radius 3 is 2.33 bits per heavy atom. The molecule has 0 radical (unpaired) electrons. The van der Waals surface area contributed by atoms with Crippen LogP contribution in [0.1, 0.15) is 64.7 Å². The van der Waals surface area contributed by atoms with Crippen LogP contribution in [0.2, 0.25) is 0 Å². The highest BCUT2D eigenvalue weighted by molar-refractivity contribution is 4.89. The summed E-state index contributed by atoms with van der Waals surface area (Å²) < 4.78 is 6.35. The van der Waals surface area contributed by atoms with Gasteiger partial charge >= 0.3 is 0 Å². The first-order chi connectivity index (χ1) is 8.78. The van der Waals surface area contributed by atoms with E-state index in [0.29, 0.717) is 0 Å². The maximum absolute atomic E-state index is 6.35. The van der Waals surface area contributed by atoms with Crippen LogP contribution in [0, 0.1) is 11.8 Å². The van der Waals surface area contributed by atoms with Crippen LogP contribution in [0.25, 0.3) is 0 Å². The summed E-state index contributed by atoms with van der Waals surface area (Å²) in [4.78, 5) is 0. The summed E-state index contributed by atoms with van der Waals surface area (Å²) in [6.07, 6.45) is 12.2. The highest BCUT2D eigenvalue weighted by Gasteiger charge is 2.35. The summed E-state index contributed by atoms with van der Waals surface area (Å²) in [5, 5.41) is 3.35. The minimum absolute atomic E-state index is 0.157. The average molecular weight is 253 g/mol. The number of hydrogen-bond acceptors (Lipinski definition) is 2. The minimum Gasteiger partial charge on any atom is -0.374 e. The molecule has 0 amide bonds. The fraction of sp³-hybridized carbons (Fsp3) is 1.00. The summed E-state index contributed by atoms with van der Waals surface area (Å²) in [5.41, 5.74) is 0.157. The number of nitrogens with one attached hydrogen (secondary N) is 1. The molecule has 2 aliphatic carbocycles. The third kappa shape index (κ3) is 3.71. The van der Waals surface area contributed by atoms with Crippen molar-refractivity contribution in [2.45, 2.75) is 70.3 Å². The van der Waals surface area contributed by atoms with Crippen LogP contribution in [-0.2, 0) is 4.74 Å². The van der Waals surface area contributed by atoms with Gasteiger partial charge in [-0.3, -0.25) is 0 Å². The highest BCUT2D eigenvalue weighted by Crippen LogP contribution is 2.37. The van der Waals surface area contributed by atoms with E-state index in [1.807, 2.05) is 0 Å². The van der Waals surface area contributed by atoms with E-state index in [2.05, 4.69) is 19.3 Å². The Kier molecular flexibility index (Phi) is 5.50. The lowest BCUT2D eigenvalue weighted by Gasteiger charge is -2.40. The van der Waals surface area contributed by atoms with Gasteiger partial charge in [0.15, 0.2) is 0 Å². The van der Waals surface area contributed by atoms with Crippen LogP contribution >= 0.6 is 0 Å². The van der Waals surface area contributed by atoms with Gasteiger partial charge in [-0.25, -0.2) is 0 Å². The van der Waals surface area contributed by atoms with Crippen LogP contribution in [0.4, 0.5) is 0 Å². The Bertz CT molecular complexity index is 229. The first kappa shape index (κ1) is 14.3. The van der Waals surface area contributed by atoms with Gasteiger partial charge in [0.05, 0.1) is 5.60 Å². The van der Waals surface area contributed by atoms with E-state index in [0.717, 1.165) is 25.0 Å². The quantitative estimate of drug-likeness (QED) is 0.746. The van der Waals surface area contributed by atoms with Crippen molar-refractivity contribution in [3.05, 3.63) is 0 Å². The second-order valence-electron chi connectivity index (χ2n) is 6.50. The molecule has 0 aliphatic heterocycles. The lowest BCUT2D eigenvalue weighted by atomic mass is 9.77. The van der Waals surface area contributed by atoms with Crippen molar-refractivity contribution in [3.63, 3.8) is 0 Å². The minimum atomic E-state index is 0.157. The molecule has 106 valence electrons. The van der Waals surface area contributed by atoms with Crippen molar-refractivity contribution < 1.29 is 4.74 Å². The summed E-state index contributed by atoms with van der Waals surface area (Å²) >= 11 is 0. The molecule has 0 aromatic rings. The number of likely N-dealkylation sites (N-methyl/N-ethyl adjacent to an activating group) is 1. The zero-order chi connectivity index (χ0) is 12.8. The molecular weight excluding hydrogens is 222 g/mol. The zero-order valence-electron chi connectivity index (χ0n) is 12.3. The van der Waals surface area contributed by atoms with E-state index in [1.54, 1.807) is 0 Å². The summed E-state index contributed by atoms with van der Waals surface area (Å²) in [7, 11) is 2.06. The Balaban J connectivity index is 1.74. The van der Waals surface area contributed by atoms with Gasteiger partial charge < -0.3 is 10.1 Å². The van der Waals surface area contributed by atoms with E-state index in [1.165, 1.54) is 57.8 Å². The van der Waals surface area contributed by atoms with Crippen molar-refractivity contribution in [3.8, 4) is 0 Å². The molecule has 0 aromatic carbocycles. The normalized spacial score (nSPS) is 33.3. The smallest absolute Gasteiger partial charge is 0.0806 e. The van der Waals surface area contributed by atoms with E-state index in [-0.39, 0.29) is 5.60 Å². The van der Waals surface area contributed by atoms with Gasteiger partial charge in [0, 0.05) is 13.2 Å². The predicted molar refractivity (Wildman–Crippen MR) is 76.8 cm³/mol. The van der Waals surface area contributed by atoms with Gasteiger partial charge in [0.2, 0.25) is 0 Å². The molecule has 0 atom stereocenters. The average Bonchev–Trinajstić information content (AvgIpc) is 2.34. The first-order valence-corrected chi connectivity index (χ1v) is 8.06. The third-order valence-corrected chi connectivity index (χ3v) is 5.25. The van der Waals surface area contributed by atoms with E-state index >= 15 is 0 Å². The molecule has 0 aromatic heterocycles. The molecule has 0 saturated heterocycles. The second kappa shape index (κ2) is 6.91. The maximum Gasteiger partial charge on any atom is 0.0806 e. The van der Waals surface area contributed by atoms with Gasteiger partial charge in [0.1, 0.15) is 0 Å². The van der Waals surface area contributed by atoms with Crippen LogP contribution < -0.4 is 5.32 Å². The number of hydrogen-bond donors (Lipinski definition) is 1. The fourth-order valence-electron chi connectivity index (χ4n) is 3.53. The largest absolute Gasteiger partial charge is 0.374 e. The molecule has 2 fully saturated rings. The van der Waals surface area contributed by atoms with Gasteiger partial charge in [-0.2, -0.15) is 0 Å². The lowest BCUT2D eigenvalue weighted by molar-refractivity contribution is -0.0813. The van der Waals surface area contributed by atoms with Crippen molar-refractivity contribution >= 4 is 0 Å². The number of ether oxygens (including phenoxy) is 1. The second-order valence-corrected chi connectivity index (χ2v) is 6.50. The summed E-state index contributed by atoms with van der Waals surface area (Å²) in [6, 6.07) is 0. The summed E-state index contributed by atoms with van der Waals surface area (Å²) in [6.45, 7) is 4.35. The molecule has 1 N–H and O–H groups in total. The topological polar surface area (TPSA) is 21.3 Å². The van der Waals surface area contributed by atoms with Crippen LogP contribution in [0.15, 0.2) is 0 Å². The molecule has 2 saturated carbocycles. The molecule has 0 spiro atoms. The standard InChI is InChI=1S/C16H31NO/c1-3-14-7-10-16(11-8-14,13-17-2)18-12-9-15-5-4-6-15/h14-15,17H,3-13H2,1-2H3. The van der Waals surface area contributed by atoms with E-state index in [9.17, 15) is 0 Å². The number of rotatable bonds is 7. The van der Waals surface area contributed by atoms with Crippen LogP contribution in [0.5, 0.6) is 0 Å². The van der Waals surface area contributed by atoms with Crippen molar-refractivity contribution in [1.82, 2.24) is 5.32 Å². The third-order valence-electron chi connectivity index (χ3n) is 5.25. The van der Waals surface area contributed by atoms with Crippen molar-refractivity contribution in [1.29, 1.82) is 0 Å².